The lowest BCUT2D eigenvalue weighted by molar-refractivity contribution is 0.0601. The summed E-state index contributed by atoms with van der Waals surface area (Å²) in [4.78, 5) is 15.5. The number of amides is 1. The van der Waals surface area contributed by atoms with E-state index in [1.807, 2.05) is 62.9 Å². The van der Waals surface area contributed by atoms with Gasteiger partial charge in [0.05, 0.1) is 18.8 Å². The molecule has 4 rings (SSSR count). The second-order valence-electron chi connectivity index (χ2n) is 10.6. The highest BCUT2D eigenvalue weighted by atomic mass is 16.5. The molecule has 1 aromatic heterocycles. The predicted octanol–water partition coefficient (Wildman–Crippen LogP) is 6.18. The third kappa shape index (κ3) is 5.82. The van der Waals surface area contributed by atoms with Crippen LogP contribution < -0.4 is 4.74 Å². The zero-order chi connectivity index (χ0) is 26.7. The van der Waals surface area contributed by atoms with Gasteiger partial charge in [-0.05, 0) is 81.3 Å². The highest BCUT2D eigenvalue weighted by Crippen LogP contribution is 2.46. The van der Waals surface area contributed by atoms with Crippen LogP contribution in [0.4, 0.5) is 0 Å². The van der Waals surface area contributed by atoms with E-state index in [-0.39, 0.29) is 23.8 Å². The SMILES string of the molecule is Cc1cc(C)c(-c2n[nH]c3c2C(c2cccc(OCCC(C)C)c2)N(CCCOC(C)C)C3=O)c(O)c1. The molecule has 1 atom stereocenters. The van der Waals surface area contributed by atoms with Crippen LogP contribution in [0.1, 0.15) is 79.3 Å². The summed E-state index contributed by atoms with van der Waals surface area (Å²) in [6, 6.07) is 11.4. The van der Waals surface area contributed by atoms with Crippen molar-refractivity contribution in [2.75, 3.05) is 19.8 Å². The number of fused-ring (bicyclic) bond motifs is 1. The Labute approximate surface area is 219 Å². The largest absolute Gasteiger partial charge is 0.507 e. The average molecular weight is 506 g/mol. The molecule has 2 aromatic carbocycles. The summed E-state index contributed by atoms with van der Waals surface area (Å²) >= 11 is 0. The van der Waals surface area contributed by atoms with Crippen molar-refractivity contribution in [1.29, 1.82) is 0 Å². The fourth-order valence-electron chi connectivity index (χ4n) is 4.96. The Morgan fingerprint density at radius 2 is 1.89 bits per heavy atom. The summed E-state index contributed by atoms with van der Waals surface area (Å²) < 4.78 is 11.8. The van der Waals surface area contributed by atoms with Gasteiger partial charge in [-0.25, -0.2) is 0 Å². The minimum absolute atomic E-state index is 0.0984. The fraction of sp³-hybridized carbons (Fsp3) is 0.467. The molecule has 7 nitrogen and oxygen atoms in total. The van der Waals surface area contributed by atoms with E-state index >= 15 is 0 Å². The number of carbonyl (C=O) groups is 1. The Morgan fingerprint density at radius 1 is 1.11 bits per heavy atom. The molecule has 37 heavy (non-hydrogen) atoms. The zero-order valence-electron chi connectivity index (χ0n) is 22.8. The molecule has 198 valence electrons. The maximum Gasteiger partial charge on any atom is 0.273 e. The molecule has 0 fully saturated rings. The van der Waals surface area contributed by atoms with Crippen molar-refractivity contribution < 1.29 is 19.4 Å². The number of benzene rings is 2. The van der Waals surface area contributed by atoms with Crippen LogP contribution in [0.15, 0.2) is 36.4 Å². The number of H-pyrrole nitrogens is 1. The van der Waals surface area contributed by atoms with Crippen LogP contribution in [-0.4, -0.2) is 52.0 Å². The van der Waals surface area contributed by atoms with Gasteiger partial charge in [0.2, 0.25) is 0 Å². The van der Waals surface area contributed by atoms with Crippen molar-refractivity contribution in [3.8, 4) is 22.8 Å². The number of ether oxygens (including phenoxy) is 2. The first kappa shape index (κ1) is 26.7. The number of hydrogen-bond acceptors (Lipinski definition) is 5. The van der Waals surface area contributed by atoms with E-state index in [9.17, 15) is 9.90 Å². The first-order chi connectivity index (χ1) is 17.7. The van der Waals surface area contributed by atoms with Crippen LogP contribution >= 0.6 is 0 Å². The maximum absolute atomic E-state index is 13.6. The lowest BCUT2D eigenvalue weighted by atomic mass is 9.93. The molecular weight excluding hydrogens is 466 g/mol. The Balaban J connectivity index is 1.75. The van der Waals surface area contributed by atoms with Gasteiger partial charge >= 0.3 is 0 Å². The first-order valence-electron chi connectivity index (χ1n) is 13.2. The van der Waals surface area contributed by atoms with Crippen LogP contribution in [0, 0.1) is 19.8 Å². The van der Waals surface area contributed by atoms with Crippen LogP contribution in [0.2, 0.25) is 0 Å². The topological polar surface area (TPSA) is 87.7 Å². The van der Waals surface area contributed by atoms with E-state index in [1.165, 1.54) is 0 Å². The van der Waals surface area contributed by atoms with Gasteiger partial charge in [0, 0.05) is 24.3 Å². The van der Waals surface area contributed by atoms with Crippen molar-refractivity contribution in [3.63, 3.8) is 0 Å². The van der Waals surface area contributed by atoms with Gasteiger partial charge in [-0.1, -0.05) is 32.0 Å². The van der Waals surface area contributed by atoms with Gasteiger partial charge < -0.3 is 19.5 Å². The van der Waals surface area contributed by atoms with E-state index in [0.717, 1.165) is 34.4 Å². The van der Waals surface area contributed by atoms with Crippen molar-refractivity contribution in [2.24, 2.45) is 5.92 Å². The molecular formula is C30H39N3O4. The Hall–Kier alpha value is -3.32. The van der Waals surface area contributed by atoms with Crippen molar-refractivity contribution in [1.82, 2.24) is 15.1 Å². The quantitative estimate of drug-likeness (QED) is 0.304. The average Bonchev–Trinajstić information content (AvgIpc) is 3.35. The van der Waals surface area contributed by atoms with Gasteiger partial charge in [0.1, 0.15) is 22.9 Å². The van der Waals surface area contributed by atoms with E-state index in [4.69, 9.17) is 9.47 Å². The number of rotatable bonds is 11. The van der Waals surface area contributed by atoms with Gasteiger partial charge in [-0.2, -0.15) is 5.10 Å². The second kappa shape index (κ2) is 11.4. The van der Waals surface area contributed by atoms with Gasteiger partial charge in [0.15, 0.2) is 0 Å². The van der Waals surface area contributed by atoms with Crippen LogP contribution in [0.5, 0.6) is 11.5 Å². The van der Waals surface area contributed by atoms with Crippen LogP contribution in [-0.2, 0) is 4.74 Å². The van der Waals surface area contributed by atoms with E-state index in [1.54, 1.807) is 6.07 Å². The van der Waals surface area contributed by atoms with Crippen LogP contribution in [0.25, 0.3) is 11.3 Å². The summed E-state index contributed by atoms with van der Waals surface area (Å²) in [5, 5.41) is 18.4. The summed E-state index contributed by atoms with van der Waals surface area (Å²) in [7, 11) is 0. The van der Waals surface area contributed by atoms with Crippen molar-refractivity contribution in [2.45, 2.75) is 66.5 Å². The number of aromatic nitrogens is 2. The number of hydrogen-bond donors (Lipinski definition) is 2. The van der Waals surface area contributed by atoms with Crippen LogP contribution in [0.3, 0.4) is 0 Å². The molecule has 2 heterocycles. The molecule has 7 heteroatoms. The van der Waals surface area contributed by atoms with Gasteiger partial charge in [-0.15, -0.1) is 0 Å². The molecule has 0 radical (unpaired) electrons. The number of phenolic OH excluding ortho intramolecular Hbond substituents is 1. The number of carbonyl (C=O) groups excluding carboxylic acids is 1. The van der Waals surface area contributed by atoms with E-state index < -0.39 is 0 Å². The normalized spacial score (nSPS) is 15.2. The number of phenols is 1. The molecule has 1 unspecified atom stereocenters. The molecule has 1 amide bonds. The summed E-state index contributed by atoms with van der Waals surface area (Å²) in [6.07, 6.45) is 1.82. The zero-order valence-corrected chi connectivity index (χ0v) is 22.8. The number of aromatic amines is 1. The minimum Gasteiger partial charge on any atom is -0.507 e. The number of aromatic hydroxyl groups is 1. The molecule has 3 aromatic rings. The van der Waals surface area contributed by atoms with Gasteiger partial charge in [0.25, 0.3) is 5.91 Å². The predicted molar refractivity (Wildman–Crippen MR) is 145 cm³/mol. The minimum atomic E-state index is -0.357. The van der Waals surface area contributed by atoms with E-state index in [2.05, 4.69) is 24.0 Å². The highest BCUT2D eigenvalue weighted by Gasteiger charge is 2.42. The maximum atomic E-state index is 13.6. The lowest BCUT2D eigenvalue weighted by Crippen LogP contribution is -2.31. The summed E-state index contributed by atoms with van der Waals surface area (Å²) in [5.41, 5.74) is 5.34. The molecule has 0 saturated carbocycles. The standard InChI is InChI=1S/C30H39N3O4/c1-18(2)11-14-37-23-10-7-9-22(17-23)29-26-27(25-21(6)15-20(5)16-24(25)34)31-32-28(26)30(35)33(29)12-8-13-36-19(3)4/h7,9-10,15-19,29,34H,8,11-14H2,1-6H3,(H,31,32). The number of aryl methyl sites for hydroxylation is 2. The highest BCUT2D eigenvalue weighted by molar-refractivity contribution is 6.00. The van der Waals surface area contributed by atoms with Gasteiger partial charge in [-0.3, -0.25) is 9.89 Å². The monoisotopic (exact) mass is 505 g/mol. The Morgan fingerprint density at radius 3 is 2.59 bits per heavy atom. The summed E-state index contributed by atoms with van der Waals surface area (Å²) in [5.74, 6) is 1.40. The van der Waals surface area contributed by atoms with Crippen molar-refractivity contribution in [3.05, 3.63) is 64.3 Å². The third-order valence-electron chi connectivity index (χ3n) is 6.69. The molecule has 0 bridgehead atoms. The molecule has 0 spiro atoms. The molecule has 0 aliphatic carbocycles. The molecule has 1 aliphatic heterocycles. The number of nitrogens with one attached hydrogen (secondary N) is 1. The van der Waals surface area contributed by atoms with Crippen molar-refractivity contribution >= 4 is 5.91 Å². The molecule has 1 aliphatic rings. The Kier molecular flexibility index (Phi) is 8.22. The fourth-order valence-corrected chi connectivity index (χ4v) is 4.96. The molecule has 2 N–H and O–H groups in total. The lowest BCUT2D eigenvalue weighted by Gasteiger charge is -2.27. The molecule has 0 saturated heterocycles. The Bertz CT molecular complexity index is 1220. The number of nitrogens with zero attached hydrogens (tertiary/aromatic N) is 2. The third-order valence-corrected chi connectivity index (χ3v) is 6.69. The first-order valence-corrected chi connectivity index (χ1v) is 13.2. The summed E-state index contributed by atoms with van der Waals surface area (Å²) in [6.45, 7) is 14.0. The van der Waals surface area contributed by atoms with E-state index in [0.29, 0.717) is 49.0 Å². The second-order valence-corrected chi connectivity index (χ2v) is 10.6. The smallest absolute Gasteiger partial charge is 0.273 e.